The van der Waals surface area contributed by atoms with E-state index < -0.39 is 0 Å². The topological polar surface area (TPSA) is 81.2 Å². The lowest BCUT2D eigenvalue weighted by Crippen LogP contribution is -2.27. The largest absolute Gasteiger partial charge is 0.474 e. The van der Waals surface area contributed by atoms with Crippen LogP contribution in [0.2, 0.25) is 0 Å². The van der Waals surface area contributed by atoms with E-state index in [1.165, 1.54) is 12.0 Å². The van der Waals surface area contributed by atoms with Crippen LogP contribution in [0, 0.1) is 5.41 Å². The number of pyridine rings is 1. The van der Waals surface area contributed by atoms with Crippen molar-refractivity contribution in [2.75, 3.05) is 13.2 Å². The van der Waals surface area contributed by atoms with Gasteiger partial charge in [-0.15, -0.1) is 0 Å². The molecule has 2 aliphatic rings. The first kappa shape index (κ1) is 13.4. The molecule has 1 atom stereocenters. The van der Waals surface area contributed by atoms with Crippen LogP contribution < -0.4 is 10.5 Å². The second kappa shape index (κ2) is 5.79. The Hall–Kier alpha value is -1.62. The van der Waals surface area contributed by atoms with Gasteiger partial charge in [-0.3, -0.25) is 5.41 Å². The standard InChI is InChI=1S/C15H21N3O2/c16-14(17)12-8-10-4-3-6-13(10)18-15(12)20-9-11-5-1-2-7-19-11/h8,11H,1-7,9H2,(H3,16,17). The first-order chi connectivity index (χ1) is 9.74. The number of ether oxygens (including phenoxy) is 2. The Morgan fingerprint density at radius 3 is 3.05 bits per heavy atom. The number of nitrogen functional groups attached to an aromatic ring is 1. The van der Waals surface area contributed by atoms with Crippen molar-refractivity contribution >= 4 is 5.84 Å². The number of hydrogen-bond donors (Lipinski definition) is 2. The van der Waals surface area contributed by atoms with Gasteiger partial charge in [-0.25, -0.2) is 4.98 Å². The molecule has 3 N–H and O–H groups in total. The third kappa shape index (κ3) is 2.77. The molecule has 1 unspecified atom stereocenters. The number of nitrogens with zero attached hydrogens (tertiary/aromatic N) is 1. The molecule has 5 heteroatoms. The Balaban J connectivity index is 1.75. The fourth-order valence-corrected chi connectivity index (χ4v) is 2.87. The molecule has 1 aromatic heterocycles. The lowest BCUT2D eigenvalue weighted by Gasteiger charge is -2.23. The van der Waals surface area contributed by atoms with E-state index in [4.69, 9.17) is 20.6 Å². The summed E-state index contributed by atoms with van der Waals surface area (Å²) in [6, 6.07) is 1.97. The molecule has 20 heavy (non-hydrogen) atoms. The van der Waals surface area contributed by atoms with Crippen molar-refractivity contribution in [3.8, 4) is 5.88 Å². The van der Waals surface area contributed by atoms with E-state index in [0.29, 0.717) is 18.1 Å². The molecule has 0 saturated carbocycles. The molecule has 1 aliphatic carbocycles. The van der Waals surface area contributed by atoms with Gasteiger partial charge in [0.05, 0.1) is 11.7 Å². The second-order valence-corrected chi connectivity index (χ2v) is 5.51. The van der Waals surface area contributed by atoms with Gasteiger partial charge in [-0.1, -0.05) is 0 Å². The summed E-state index contributed by atoms with van der Waals surface area (Å²) < 4.78 is 11.5. The Labute approximate surface area is 119 Å². The Bertz CT molecular complexity index is 510. The molecule has 1 aromatic rings. The normalized spacial score (nSPS) is 21.5. The van der Waals surface area contributed by atoms with Gasteiger partial charge in [0.15, 0.2) is 0 Å². The molecule has 0 radical (unpaired) electrons. The number of nitrogens with two attached hydrogens (primary N) is 1. The predicted molar refractivity (Wildman–Crippen MR) is 76.4 cm³/mol. The molecule has 2 heterocycles. The fourth-order valence-electron chi connectivity index (χ4n) is 2.87. The average molecular weight is 275 g/mol. The summed E-state index contributed by atoms with van der Waals surface area (Å²) >= 11 is 0. The van der Waals surface area contributed by atoms with E-state index >= 15 is 0 Å². The number of aromatic nitrogens is 1. The Kier molecular flexibility index (Phi) is 3.87. The molecular formula is C15H21N3O2. The summed E-state index contributed by atoms with van der Waals surface area (Å²) in [5.41, 5.74) is 8.56. The number of amidine groups is 1. The van der Waals surface area contributed by atoms with Gasteiger partial charge in [0.2, 0.25) is 5.88 Å². The summed E-state index contributed by atoms with van der Waals surface area (Å²) in [6.45, 7) is 1.30. The van der Waals surface area contributed by atoms with E-state index in [9.17, 15) is 0 Å². The zero-order chi connectivity index (χ0) is 13.9. The van der Waals surface area contributed by atoms with Gasteiger partial charge < -0.3 is 15.2 Å². The molecule has 0 amide bonds. The number of rotatable bonds is 4. The first-order valence-electron chi connectivity index (χ1n) is 7.35. The molecule has 3 rings (SSSR count). The monoisotopic (exact) mass is 275 g/mol. The number of fused-ring (bicyclic) bond motifs is 1. The van der Waals surface area contributed by atoms with Crippen molar-refractivity contribution < 1.29 is 9.47 Å². The fraction of sp³-hybridized carbons (Fsp3) is 0.600. The molecule has 1 saturated heterocycles. The van der Waals surface area contributed by atoms with Crippen LogP contribution in [-0.4, -0.2) is 30.1 Å². The molecule has 0 aromatic carbocycles. The van der Waals surface area contributed by atoms with Crippen molar-refractivity contribution in [1.29, 1.82) is 5.41 Å². The average Bonchev–Trinajstić information content (AvgIpc) is 2.92. The first-order valence-corrected chi connectivity index (χ1v) is 7.35. The highest BCUT2D eigenvalue weighted by molar-refractivity contribution is 5.97. The summed E-state index contributed by atoms with van der Waals surface area (Å²) in [5.74, 6) is 0.513. The highest BCUT2D eigenvalue weighted by atomic mass is 16.5. The zero-order valence-corrected chi connectivity index (χ0v) is 11.7. The molecule has 108 valence electrons. The third-order valence-electron chi connectivity index (χ3n) is 3.99. The predicted octanol–water partition coefficient (Wildman–Crippen LogP) is 1.80. The van der Waals surface area contributed by atoms with Crippen LogP contribution in [0.3, 0.4) is 0 Å². The minimum Gasteiger partial charge on any atom is -0.474 e. The van der Waals surface area contributed by atoms with Crippen LogP contribution >= 0.6 is 0 Å². The smallest absolute Gasteiger partial charge is 0.224 e. The Morgan fingerprint density at radius 2 is 2.30 bits per heavy atom. The van der Waals surface area contributed by atoms with Gasteiger partial charge in [-0.05, 0) is 50.2 Å². The molecule has 0 spiro atoms. The summed E-state index contributed by atoms with van der Waals surface area (Å²) in [6.07, 6.45) is 6.61. The van der Waals surface area contributed by atoms with Crippen molar-refractivity contribution in [2.24, 2.45) is 5.73 Å². The molecule has 0 bridgehead atoms. The number of nitrogens with one attached hydrogen (secondary N) is 1. The maximum absolute atomic E-state index is 7.69. The van der Waals surface area contributed by atoms with Gasteiger partial charge in [-0.2, -0.15) is 0 Å². The van der Waals surface area contributed by atoms with Crippen molar-refractivity contribution in [3.63, 3.8) is 0 Å². The molecule has 1 aliphatic heterocycles. The van der Waals surface area contributed by atoms with Crippen LogP contribution in [-0.2, 0) is 17.6 Å². The van der Waals surface area contributed by atoms with Crippen molar-refractivity contribution in [2.45, 2.75) is 44.6 Å². The minimum absolute atomic E-state index is 0.0202. The Morgan fingerprint density at radius 1 is 1.40 bits per heavy atom. The molecular weight excluding hydrogens is 254 g/mol. The van der Waals surface area contributed by atoms with Crippen LogP contribution in [0.25, 0.3) is 0 Å². The van der Waals surface area contributed by atoms with Gasteiger partial charge in [0.1, 0.15) is 12.4 Å². The number of hydrogen-bond acceptors (Lipinski definition) is 4. The quantitative estimate of drug-likeness (QED) is 0.648. The van der Waals surface area contributed by atoms with Crippen LogP contribution in [0.4, 0.5) is 0 Å². The second-order valence-electron chi connectivity index (χ2n) is 5.51. The van der Waals surface area contributed by atoms with E-state index in [2.05, 4.69) is 4.98 Å². The van der Waals surface area contributed by atoms with Crippen LogP contribution in [0.15, 0.2) is 6.07 Å². The minimum atomic E-state index is 0.0202. The zero-order valence-electron chi connectivity index (χ0n) is 11.7. The van der Waals surface area contributed by atoms with Crippen LogP contribution in [0.5, 0.6) is 5.88 Å². The lowest BCUT2D eigenvalue weighted by atomic mass is 10.1. The lowest BCUT2D eigenvalue weighted by molar-refractivity contribution is -0.0120. The van der Waals surface area contributed by atoms with Crippen molar-refractivity contribution in [1.82, 2.24) is 4.98 Å². The van der Waals surface area contributed by atoms with Gasteiger partial charge in [0.25, 0.3) is 0 Å². The SMILES string of the molecule is N=C(N)c1cc2c(nc1OCC1CCCCO1)CCC2. The van der Waals surface area contributed by atoms with E-state index in [1.54, 1.807) is 0 Å². The summed E-state index contributed by atoms with van der Waals surface area (Å²) in [5, 5.41) is 7.69. The summed E-state index contributed by atoms with van der Waals surface area (Å²) in [4.78, 5) is 4.56. The highest BCUT2D eigenvalue weighted by Crippen LogP contribution is 2.27. The third-order valence-corrected chi connectivity index (χ3v) is 3.99. The van der Waals surface area contributed by atoms with E-state index in [1.807, 2.05) is 6.07 Å². The summed E-state index contributed by atoms with van der Waals surface area (Å²) in [7, 11) is 0. The maximum Gasteiger partial charge on any atom is 0.224 e. The maximum atomic E-state index is 7.69. The van der Waals surface area contributed by atoms with Crippen molar-refractivity contribution in [3.05, 3.63) is 22.9 Å². The molecule has 1 fully saturated rings. The van der Waals surface area contributed by atoms with Crippen LogP contribution in [0.1, 0.15) is 42.5 Å². The van der Waals surface area contributed by atoms with Gasteiger partial charge >= 0.3 is 0 Å². The van der Waals surface area contributed by atoms with Gasteiger partial charge in [0, 0.05) is 12.3 Å². The van der Waals surface area contributed by atoms with E-state index in [-0.39, 0.29) is 11.9 Å². The number of aryl methyl sites for hydroxylation is 2. The van der Waals surface area contributed by atoms with E-state index in [0.717, 1.165) is 44.4 Å². The highest BCUT2D eigenvalue weighted by Gasteiger charge is 2.20. The molecule has 5 nitrogen and oxygen atoms in total.